The minimum atomic E-state index is -4.87. The van der Waals surface area contributed by atoms with Crippen molar-refractivity contribution in [1.29, 1.82) is 5.41 Å². The van der Waals surface area contributed by atoms with Crippen molar-refractivity contribution < 1.29 is 22.0 Å². The molecule has 0 aromatic carbocycles. The molecule has 90 valence electrons. The number of nitrogens with one attached hydrogen (secondary N) is 1. The van der Waals surface area contributed by atoms with Crippen molar-refractivity contribution in [3.63, 3.8) is 0 Å². The van der Waals surface area contributed by atoms with Gasteiger partial charge in [0.15, 0.2) is 6.17 Å². The van der Waals surface area contributed by atoms with Gasteiger partial charge in [0.25, 0.3) is 0 Å². The van der Waals surface area contributed by atoms with Crippen molar-refractivity contribution in [2.75, 3.05) is 0 Å². The molecular formula is C9H8F5NS. The lowest BCUT2D eigenvalue weighted by Crippen LogP contribution is -2.40. The van der Waals surface area contributed by atoms with Crippen molar-refractivity contribution in [3.8, 4) is 0 Å². The fraction of sp³-hybridized carbons (Fsp3) is 0.556. The zero-order chi connectivity index (χ0) is 12.5. The average molecular weight is 257 g/mol. The summed E-state index contributed by atoms with van der Waals surface area (Å²) < 4.78 is 63.2. The number of alkyl halides is 5. The topological polar surface area (TPSA) is 23.9 Å². The Hall–Kier alpha value is -0.850. The Kier molecular flexibility index (Phi) is 3.77. The van der Waals surface area contributed by atoms with Crippen LogP contribution in [0.2, 0.25) is 0 Å². The van der Waals surface area contributed by atoms with E-state index in [1.54, 1.807) is 0 Å². The molecule has 0 heterocycles. The van der Waals surface area contributed by atoms with Crippen LogP contribution in [0, 0.1) is 11.3 Å². The molecule has 0 amide bonds. The molecule has 3 unspecified atom stereocenters. The Balaban J connectivity index is 2.96. The third-order valence-electron chi connectivity index (χ3n) is 2.41. The van der Waals surface area contributed by atoms with E-state index in [0.717, 1.165) is 5.37 Å². The Morgan fingerprint density at radius 3 is 2.44 bits per heavy atom. The summed E-state index contributed by atoms with van der Waals surface area (Å²) in [6.45, 7) is 0. The summed E-state index contributed by atoms with van der Waals surface area (Å²) in [7, 11) is 0. The van der Waals surface area contributed by atoms with Crippen LogP contribution in [-0.4, -0.2) is 29.6 Å². The van der Waals surface area contributed by atoms with E-state index in [2.05, 4.69) is 12.2 Å². The molecule has 1 nitrogen and oxygen atoms in total. The molecule has 1 rings (SSSR count). The molecule has 16 heavy (non-hydrogen) atoms. The van der Waals surface area contributed by atoms with E-state index in [4.69, 9.17) is 5.41 Å². The molecular weight excluding hydrogens is 249 g/mol. The largest absolute Gasteiger partial charge is 0.415 e. The smallest absolute Gasteiger partial charge is 0.304 e. The van der Waals surface area contributed by atoms with E-state index in [1.807, 2.05) is 0 Å². The predicted octanol–water partition coefficient (Wildman–Crippen LogP) is 3.19. The number of hydrogen-bond donors (Lipinski definition) is 1. The molecule has 7 heteroatoms. The first-order valence-electron chi connectivity index (χ1n) is 4.38. The quantitative estimate of drug-likeness (QED) is 0.349. The van der Waals surface area contributed by atoms with Crippen molar-refractivity contribution in [2.45, 2.75) is 24.9 Å². The summed E-state index contributed by atoms with van der Waals surface area (Å²) in [5, 5.41) is 8.04. The lowest BCUT2D eigenvalue weighted by molar-refractivity contribution is -0.107. The van der Waals surface area contributed by atoms with Gasteiger partial charge in [0, 0.05) is 17.0 Å². The summed E-state index contributed by atoms with van der Waals surface area (Å²) in [4.78, 5) is 0. The molecule has 0 saturated carbocycles. The number of halogens is 5. The molecule has 0 bridgehead atoms. The van der Waals surface area contributed by atoms with Gasteiger partial charge in [-0.1, -0.05) is 18.3 Å². The molecule has 1 aliphatic rings. The van der Waals surface area contributed by atoms with Crippen LogP contribution in [0.4, 0.5) is 22.0 Å². The number of thiocarbonyl (C=S) groups is 1. The van der Waals surface area contributed by atoms with Crippen LogP contribution in [0.15, 0.2) is 11.6 Å². The first-order valence-corrected chi connectivity index (χ1v) is 4.85. The van der Waals surface area contributed by atoms with Gasteiger partial charge in [0.1, 0.15) is 6.17 Å². The Morgan fingerprint density at radius 2 is 2.00 bits per heavy atom. The first kappa shape index (κ1) is 13.2. The van der Waals surface area contributed by atoms with Gasteiger partial charge in [-0.25, -0.2) is 8.78 Å². The molecule has 0 fully saturated rings. The van der Waals surface area contributed by atoms with Crippen LogP contribution < -0.4 is 0 Å². The summed E-state index contributed by atoms with van der Waals surface area (Å²) in [5.74, 6) is -1.22. The van der Waals surface area contributed by atoms with Crippen LogP contribution in [-0.2, 0) is 0 Å². The van der Waals surface area contributed by atoms with Crippen molar-refractivity contribution in [1.82, 2.24) is 0 Å². The second-order valence-electron chi connectivity index (χ2n) is 3.42. The van der Waals surface area contributed by atoms with Crippen LogP contribution in [0.25, 0.3) is 0 Å². The molecule has 3 atom stereocenters. The van der Waals surface area contributed by atoms with Gasteiger partial charge in [-0.2, -0.15) is 13.2 Å². The fourth-order valence-electron chi connectivity index (χ4n) is 1.53. The Morgan fingerprint density at radius 1 is 1.44 bits per heavy atom. The van der Waals surface area contributed by atoms with Gasteiger partial charge in [-0.05, 0) is 6.42 Å². The van der Waals surface area contributed by atoms with Crippen molar-refractivity contribution in [3.05, 3.63) is 11.6 Å². The first-order chi connectivity index (χ1) is 7.29. The Bertz CT molecular complexity index is 335. The number of hydrogen-bond acceptors (Lipinski definition) is 2. The van der Waals surface area contributed by atoms with E-state index in [1.165, 1.54) is 0 Å². The normalized spacial score (nSPS) is 30.8. The molecule has 0 aromatic heterocycles. The molecule has 1 N–H and O–H groups in total. The van der Waals surface area contributed by atoms with E-state index in [9.17, 15) is 22.0 Å². The van der Waals surface area contributed by atoms with Gasteiger partial charge in [-0.15, -0.1) is 0 Å². The highest BCUT2D eigenvalue weighted by Gasteiger charge is 2.47. The highest BCUT2D eigenvalue weighted by atomic mass is 32.1. The van der Waals surface area contributed by atoms with Gasteiger partial charge < -0.3 is 5.41 Å². The molecule has 0 aliphatic heterocycles. The average Bonchev–Trinajstić information content (AvgIpc) is 2.19. The van der Waals surface area contributed by atoms with E-state index < -0.39 is 30.0 Å². The molecule has 0 spiro atoms. The maximum absolute atomic E-state index is 13.3. The van der Waals surface area contributed by atoms with Crippen LogP contribution in [0.5, 0.6) is 0 Å². The lowest BCUT2D eigenvalue weighted by Gasteiger charge is -2.29. The standard InChI is InChI=1S/C9H8F5NS/c10-7-4(6(15)3-16)1-2-5(8(7)11)9(12,13)14/h2-4,7-8,15H,1H2. The van der Waals surface area contributed by atoms with Crippen LogP contribution >= 0.6 is 12.2 Å². The predicted molar refractivity (Wildman–Crippen MR) is 53.4 cm³/mol. The third-order valence-corrected chi connectivity index (χ3v) is 2.66. The summed E-state index contributed by atoms with van der Waals surface area (Å²) in [6.07, 6.45) is -9.74. The zero-order valence-corrected chi connectivity index (χ0v) is 8.71. The Labute approximate surface area is 93.8 Å². The molecule has 0 aromatic rings. The van der Waals surface area contributed by atoms with Crippen LogP contribution in [0.3, 0.4) is 0 Å². The van der Waals surface area contributed by atoms with Gasteiger partial charge in [-0.3, -0.25) is 0 Å². The van der Waals surface area contributed by atoms with Gasteiger partial charge in [0.2, 0.25) is 0 Å². The fourth-order valence-corrected chi connectivity index (χ4v) is 1.70. The summed E-state index contributed by atoms with van der Waals surface area (Å²) in [6, 6.07) is 0. The minimum absolute atomic E-state index is 0.359. The van der Waals surface area contributed by atoms with E-state index in [0.29, 0.717) is 6.08 Å². The highest BCUT2D eigenvalue weighted by Crippen LogP contribution is 2.38. The summed E-state index contributed by atoms with van der Waals surface area (Å²) in [5.41, 5.74) is -1.86. The zero-order valence-electron chi connectivity index (χ0n) is 7.89. The minimum Gasteiger partial charge on any atom is -0.304 e. The van der Waals surface area contributed by atoms with Gasteiger partial charge in [0.05, 0.1) is 5.57 Å². The van der Waals surface area contributed by atoms with Crippen molar-refractivity contribution >= 4 is 23.3 Å². The second-order valence-corrected chi connectivity index (χ2v) is 3.65. The lowest BCUT2D eigenvalue weighted by atomic mass is 9.83. The van der Waals surface area contributed by atoms with Gasteiger partial charge >= 0.3 is 6.18 Å². The summed E-state index contributed by atoms with van der Waals surface area (Å²) >= 11 is 4.37. The molecule has 0 radical (unpaired) electrons. The van der Waals surface area contributed by atoms with E-state index >= 15 is 0 Å². The third kappa shape index (κ3) is 2.45. The van der Waals surface area contributed by atoms with Crippen molar-refractivity contribution in [2.24, 2.45) is 5.92 Å². The second kappa shape index (κ2) is 4.57. The number of allylic oxidation sites excluding steroid dienone is 2. The monoisotopic (exact) mass is 257 g/mol. The van der Waals surface area contributed by atoms with Crippen LogP contribution in [0.1, 0.15) is 6.42 Å². The maximum Gasteiger partial charge on any atom is 0.415 e. The number of rotatable bonds is 2. The van der Waals surface area contributed by atoms with E-state index in [-0.39, 0.29) is 12.1 Å². The molecule has 1 aliphatic carbocycles. The maximum atomic E-state index is 13.3. The highest BCUT2D eigenvalue weighted by molar-refractivity contribution is 7.80. The SMILES string of the molecule is N=C(C=S)C1CC=C(C(F)(F)F)C(F)C1F. The molecule has 0 saturated heterocycles.